The predicted molar refractivity (Wildman–Crippen MR) is 264 cm³/mol. The number of carbonyl (C=O) groups is 3. The van der Waals surface area contributed by atoms with Crippen LogP contribution in [0.4, 0.5) is 10.6 Å². The maximum absolute atomic E-state index is 13.3. The van der Waals surface area contributed by atoms with Crippen LogP contribution < -0.4 is 16.2 Å². The van der Waals surface area contributed by atoms with Crippen LogP contribution in [0.5, 0.6) is 0 Å². The molecule has 71 heavy (non-hydrogen) atoms. The molecule has 5 heterocycles. The summed E-state index contributed by atoms with van der Waals surface area (Å²) in [5.41, 5.74) is 8.27. The summed E-state index contributed by atoms with van der Waals surface area (Å²) in [5, 5.41) is 11.5. The van der Waals surface area contributed by atoms with Crippen LogP contribution in [0.25, 0.3) is 28.0 Å². The molecule has 376 valence electrons. The number of nitrogens with one attached hydrogen (secondary N) is 3. The number of esters is 1. The topological polar surface area (TPSA) is 253 Å². The van der Waals surface area contributed by atoms with Crippen LogP contribution in [0.2, 0.25) is 0 Å². The van der Waals surface area contributed by atoms with Crippen LogP contribution in [-0.4, -0.2) is 89.5 Å². The Kier molecular flexibility index (Phi) is 14.0. The number of aromatic nitrogens is 8. The number of ether oxygens (including phenoxy) is 2. The van der Waals surface area contributed by atoms with Crippen molar-refractivity contribution < 1.29 is 40.7 Å². The molecule has 5 aromatic heterocycles. The predicted octanol–water partition coefficient (Wildman–Crippen LogP) is 7.35. The molecule has 0 spiro atoms. The zero-order valence-electron chi connectivity index (χ0n) is 40.9. The van der Waals surface area contributed by atoms with E-state index in [1.54, 1.807) is 87.6 Å². The first kappa shape index (κ1) is 50.4. The summed E-state index contributed by atoms with van der Waals surface area (Å²) in [4.78, 5) is 50.2. The van der Waals surface area contributed by atoms with Gasteiger partial charge in [-0.2, -0.15) is 0 Å². The van der Waals surface area contributed by atoms with Crippen molar-refractivity contribution in [3.8, 4) is 0 Å². The molecule has 2 aliphatic rings. The number of aryl methyl sites for hydroxylation is 2. The minimum Gasteiger partial charge on any atom is -0.460 e. The summed E-state index contributed by atoms with van der Waals surface area (Å²) >= 11 is 0. The summed E-state index contributed by atoms with van der Waals surface area (Å²) in [6, 6.07) is 16.5. The van der Waals surface area contributed by atoms with Crippen LogP contribution in [0.1, 0.15) is 109 Å². The number of fused-ring (bicyclic) bond motifs is 4. The maximum atomic E-state index is 13.3. The van der Waals surface area contributed by atoms with Crippen molar-refractivity contribution in [3.63, 3.8) is 0 Å². The van der Waals surface area contributed by atoms with Gasteiger partial charge in [0.1, 0.15) is 22.5 Å². The number of hydrogen-bond donors (Lipinski definition) is 3. The van der Waals surface area contributed by atoms with Crippen LogP contribution in [0.3, 0.4) is 0 Å². The third-order valence-corrected chi connectivity index (χ3v) is 15.6. The third kappa shape index (κ3) is 11.5. The fourth-order valence-corrected chi connectivity index (χ4v) is 11.5. The second kappa shape index (κ2) is 19.7. The highest BCUT2D eigenvalue weighted by atomic mass is 32.2. The maximum Gasteiger partial charge on any atom is 0.407 e. The quantitative estimate of drug-likeness (QED) is 0.0846. The van der Waals surface area contributed by atoms with Gasteiger partial charge in [0.2, 0.25) is 5.91 Å². The van der Waals surface area contributed by atoms with Crippen LogP contribution >= 0.6 is 0 Å². The Bertz CT molecular complexity index is 3340. The van der Waals surface area contributed by atoms with Gasteiger partial charge in [0.15, 0.2) is 22.8 Å². The number of benzene rings is 2. The van der Waals surface area contributed by atoms with Crippen LogP contribution in [-0.2, 0) is 39.1 Å². The molecule has 2 aromatic carbocycles. The number of hydrogen-bond acceptors (Lipinski definition) is 15. The van der Waals surface area contributed by atoms with E-state index >= 15 is 0 Å². The van der Waals surface area contributed by atoms with Crippen molar-refractivity contribution in [3.05, 3.63) is 102 Å². The molecule has 1 unspecified atom stereocenters. The lowest BCUT2D eigenvalue weighted by Crippen LogP contribution is -2.39. The smallest absolute Gasteiger partial charge is 0.407 e. The lowest BCUT2D eigenvalue weighted by atomic mass is 10.0. The van der Waals surface area contributed by atoms with Crippen LogP contribution in [0.15, 0.2) is 95.2 Å². The molecule has 22 heteroatoms. The van der Waals surface area contributed by atoms with E-state index in [1.807, 2.05) is 39.0 Å². The molecule has 0 radical (unpaired) electrons. The summed E-state index contributed by atoms with van der Waals surface area (Å²) in [7, 11) is -7.64. The van der Waals surface area contributed by atoms with E-state index in [4.69, 9.17) is 9.47 Å². The van der Waals surface area contributed by atoms with Gasteiger partial charge in [0.05, 0.1) is 27.7 Å². The summed E-state index contributed by atoms with van der Waals surface area (Å²) in [6.07, 6.45) is 10.1. The molecule has 2 amide bonds. The SMILES string of the molecule is Cc1ccc(S(=O)(=O)n2ccc3c2ncc2nnc(C4CC[C@H](CC(=O)OC(C)(C)C)C4)n23)cc1.Cc1ccc(S(=O)(=O)n2ccc3nc(NNC(=O)[C@@H]4CC[C@H](NC(=O)OC(C)(C)C)C4)cnc32)cc1. The highest BCUT2D eigenvalue weighted by Crippen LogP contribution is 2.40. The van der Waals surface area contributed by atoms with Gasteiger partial charge in [0, 0.05) is 36.7 Å². The number of hydrazine groups is 1. The first-order chi connectivity index (χ1) is 33.4. The standard InChI is InChI=1S/C25H29N5O4S.C24H30N6O5S/c1-16-5-9-19(10-6-16)35(32,33)29-12-11-20-24(29)26-15-21-27-28-23(30(20)21)18-8-7-17(13-18)14-22(31)34-25(2,3)4;1-15-5-9-18(10-6-15)36(33,34)30-12-11-19-21(30)25-14-20(27-19)28-29-22(31)16-7-8-17(13-16)26-23(32)35-24(2,3)4/h5-6,9-12,15,17-18H,7-8,13-14H2,1-4H3;5-6,9-12,14,16-17H,7-8,13H2,1-4H3,(H,26,32)(H,27,28)(H,29,31)/t17-,18?;16-,17+/m01/s1. The zero-order valence-corrected chi connectivity index (χ0v) is 42.5. The molecule has 2 aliphatic carbocycles. The molecule has 2 saturated carbocycles. The van der Waals surface area contributed by atoms with Crippen molar-refractivity contribution >= 4 is 71.8 Å². The van der Waals surface area contributed by atoms with Crippen molar-refractivity contribution in [2.75, 3.05) is 5.43 Å². The molecule has 0 saturated heterocycles. The number of nitrogens with zero attached hydrogens (tertiary/aromatic N) is 8. The Morgan fingerprint density at radius 1 is 0.704 bits per heavy atom. The fourth-order valence-electron chi connectivity index (χ4n) is 8.87. The highest BCUT2D eigenvalue weighted by Gasteiger charge is 2.34. The van der Waals surface area contributed by atoms with Gasteiger partial charge in [-0.05, 0) is 136 Å². The van der Waals surface area contributed by atoms with Crippen molar-refractivity contribution in [1.29, 1.82) is 0 Å². The van der Waals surface area contributed by atoms with Gasteiger partial charge >= 0.3 is 12.1 Å². The van der Waals surface area contributed by atoms with Crippen molar-refractivity contribution in [2.24, 2.45) is 11.8 Å². The van der Waals surface area contributed by atoms with Crippen LogP contribution in [0, 0.1) is 25.7 Å². The minimum atomic E-state index is -3.83. The number of amides is 2. The zero-order chi connectivity index (χ0) is 51.0. The van der Waals surface area contributed by atoms with Gasteiger partial charge in [-0.15, -0.1) is 10.2 Å². The van der Waals surface area contributed by atoms with Gasteiger partial charge in [-0.25, -0.2) is 44.5 Å². The Morgan fingerprint density at radius 2 is 1.31 bits per heavy atom. The number of carbonyl (C=O) groups excluding carboxylic acids is 3. The van der Waals surface area contributed by atoms with E-state index in [0.29, 0.717) is 48.0 Å². The molecule has 9 rings (SSSR count). The van der Waals surface area contributed by atoms with E-state index in [-0.39, 0.29) is 56.9 Å². The van der Waals surface area contributed by atoms with Gasteiger partial charge in [0.25, 0.3) is 20.0 Å². The Labute approximate surface area is 412 Å². The molecule has 0 bridgehead atoms. The minimum absolute atomic E-state index is 0.111. The van der Waals surface area contributed by atoms with E-state index < -0.39 is 37.3 Å². The van der Waals surface area contributed by atoms with Gasteiger partial charge in [-0.3, -0.25) is 24.8 Å². The number of anilines is 1. The molecular formula is C49H59N11O9S2. The fraction of sp³-hybridized carbons (Fsp3) is 0.429. The Morgan fingerprint density at radius 3 is 1.94 bits per heavy atom. The third-order valence-electron chi connectivity index (χ3n) is 12.2. The summed E-state index contributed by atoms with van der Waals surface area (Å²) in [5.74, 6) is 0.664. The second-order valence-electron chi connectivity index (χ2n) is 20.2. The Balaban J connectivity index is 0.000000190. The molecule has 4 atom stereocenters. The summed E-state index contributed by atoms with van der Waals surface area (Å²) < 4.78 is 67.6. The van der Waals surface area contributed by atoms with E-state index in [9.17, 15) is 31.2 Å². The lowest BCUT2D eigenvalue weighted by Gasteiger charge is -2.21. The molecule has 7 aromatic rings. The molecule has 20 nitrogen and oxygen atoms in total. The van der Waals surface area contributed by atoms with Crippen molar-refractivity contribution in [2.45, 2.75) is 133 Å². The first-order valence-electron chi connectivity index (χ1n) is 23.4. The second-order valence-corrected chi connectivity index (χ2v) is 23.8. The summed E-state index contributed by atoms with van der Waals surface area (Å²) in [6.45, 7) is 14.8. The Hall–Kier alpha value is -6.94. The monoisotopic (exact) mass is 1010 g/mol. The lowest BCUT2D eigenvalue weighted by molar-refractivity contribution is -0.155. The van der Waals surface area contributed by atoms with E-state index in [0.717, 1.165) is 40.2 Å². The molecule has 3 N–H and O–H groups in total. The molecule has 0 aliphatic heterocycles. The molecule has 2 fully saturated rings. The number of alkyl carbamates (subject to hydrolysis) is 1. The normalized spacial score (nSPS) is 18.5. The number of rotatable bonds is 11. The largest absolute Gasteiger partial charge is 0.460 e. The average molecular weight is 1010 g/mol. The van der Waals surface area contributed by atoms with E-state index in [2.05, 4.69) is 41.3 Å². The van der Waals surface area contributed by atoms with E-state index in [1.165, 1.54) is 22.6 Å². The average Bonchev–Trinajstić information content (AvgIpc) is 4.15. The van der Waals surface area contributed by atoms with Crippen molar-refractivity contribution in [1.82, 2.24) is 48.2 Å². The molecular weight excluding hydrogens is 951 g/mol. The first-order valence-corrected chi connectivity index (χ1v) is 26.3. The van der Waals surface area contributed by atoms with Gasteiger partial charge in [-0.1, -0.05) is 35.4 Å². The van der Waals surface area contributed by atoms with Gasteiger partial charge < -0.3 is 14.8 Å². The highest BCUT2D eigenvalue weighted by molar-refractivity contribution is 7.90.